The van der Waals surface area contributed by atoms with E-state index in [9.17, 15) is 23.1 Å². The van der Waals surface area contributed by atoms with Crippen molar-refractivity contribution in [3.63, 3.8) is 0 Å². The highest BCUT2D eigenvalue weighted by Crippen LogP contribution is 2.41. The smallest absolute Gasteiger partial charge is 0.362 e. The number of benzene rings is 1. The summed E-state index contributed by atoms with van der Waals surface area (Å²) in [7, 11) is 0. The minimum absolute atomic E-state index is 0.0300. The Hall–Kier alpha value is -1.60. The van der Waals surface area contributed by atoms with Crippen LogP contribution in [-0.2, 0) is 0 Å². The number of alkyl halides is 3. The maximum Gasteiger partial charge on any atom is 0.438 e. The molecule has 0 aromatic heterocycles. The molecule has 0 saturated carbocycles. The Kier molecular flexibility index (Phi) is 5.01. The molecule has 0 spiro atoms. The first-order valence-electron chi connectivity index (χ1n) is 7.14. The Morgan fingerprint density at radius 3 is 2.52 bits per heavy atom. The van der Waals surface area contributed by atoms with Crippen molar-refractivity contribution in [1.82, 2.24) is 5.01 Å². The lowest BCUT2D eigenvalue weighted by Crippen LogP contribution is -2.56. The van der Waals surface area contributed by atoms with Gasteiger partial charge in [0.15, 0.2) is 0 Å². The van der Waals surface area contributed by atoms with Crippen LogP contribution in [0.15, 0.2) is 29.4 Å². The second-order valence-corrected chi connectivity index (χ2v) is 5.82. The molecule has 1 aromatic rings. The monoisotopic (exact) mass is 348 g/mol. The fourth-order valence-electron chi connectivity index (χ4n) is 2.29. The molecular weight excluding hydrogens is 333 g/mol. The van der Waals surface area contributed by atoms with E-state index in [-0.39, 0.29) is 16.3 Å². The topological polar surface area (TPSA) is 52.9 Å². The van der Waals surface area contributed by atoms with Crippen molar-refractivity contribution < 1.29 is 23.1 Å². The van der Waals surface area contributed by atoms with Crippen LogP contribution in [0.2, 0.25) is 5.02 Å². The molecule has 1 N–H and O–H groups in total. The molecule has 2 rings (SSSR count). The molecule has 1 atom stereocenters. The van der Waals surface area contributed by atoms with Gasteiger partial charge in [0, 0.05) is 22.7 Å². The molecule has 4 nitrogen and oxygen atoms in total. The number of hydrazone groups is 1. The Morgan fingerprint density at radius 1 is 1.39 bits per heavy atom. The number of hydrogen-bond acceptors (Lipinski definition) is 3. The zero-order valence-corrected chi connectivity index (χ0v) is 13.2. The quantitative estimate of drug-likeness (QED) is 0.894. The van der Waals surface area contributed by atoms with E-state index in [0.717, 1.165) is 6.42 Å². The summed E-state index contributed by atoms with van der Waals surface area (Å²) in [4.78, 5) is 12.4. The normalized spacial score (nSPS) is 21.5. The number of halogens is 4. The lowest BCUT2D eigenvalue weighted by molar-refractivity contribution is -0.297. The number of unbranched alkanes of at least 4 members (excludes halogenated alkanes) is 1. The minimum Gasteiger partial charge on any atom is -0.362 e. The lowest BCUT2D eigenvalue weighted by Gasteiger charge is -2.32. The number of rotatable bonds is 4. The zero-order valence-electron chi connectivity index (χ0n) is 12.4. The molecular formula is C15H16ClF3N2O2. The SMILES string of the molecule is CCCCC1=NN(C(=O)c2ccc(Cl)cc2)[C@@](O)(C(F)(F)F)C1. The third kappa shape index (κ3) is 3.50. The highest BCUT2D eigenvalue weighted by molar-refractivity contribution is 6.30. The first-order valence-corrected chi connectivity index (χ1v) is 7.52. The average Bonchev–Trinajstić information content (AvgIpc) is 2.83. The fraction of sp³-hybridized carbons (Fsp3) is 0.467. The van der Waals surface area contributed by atoms with E-state index in [0.29, 0.717) is 17.9 Å². The summed E-state index contributed by atoms with van der Waals surface area (Å²) in [5.74, 6) is -1.02. The second kappa shape index (κ2) is 6.49. The second-order valence-electron chi connectivity index (χ2n) is 5.38. The van der Waals surface area contributed by atoms with Crippen LogP contribution in [0.5, 0.6) is 0 Å². The Bertz CT molecular complexity index is 616. The Morgan fingerprint density at radius 2 is 2.00 bits per heavy atom. The van der Waals surface area contributed by atoms with E-state index < -0.39 is 24.2 Å². The Balaban J connectivity index is 2.35. The van der Waals surface area contributed by atoms with Gasteiger partial charge in [-0.1, -0.05) is 24.9 Å². The molecule has 0 unspecified atom stereocenters. The molecule has 1 aliphatic rings. The maximum atomic E-state index is 13.3. The van der Waals surface area contributed by atoms with Gasteiger partial charge in [-0.2, -0.15) is 23.3 Å². The van der Waals surface area contributed by atoms with Crippen LogP contribution in [0.3, 0.4) is 0 Å². The number of amides is 1. The van der Waals surface area contributed by atoms with Crippen LogP contribution in [-0.4, -0.2) is 33.6 Å². The summed E-state index contributed by atoms with van der Waals surface area (Å²) >= 11 is 5.70. The molecule has 1 heterocycles. The number of carbonyl (C=O) groups excluding carboxylic acids is 1. The Labute approximate surface area is 136 Å². The van der Waals surface area contributed by atoms with Gasteiger partial charge in [0.1, 0.15) is 0 Å². The molecule has 0 saturated heterocycles. The number of hydrogen-bond donors (Lipinski definition) is 1. The molecule has 0 aliphatic carbocycles. The maximum absolute atomic E-state index is 13.3. The van der Waals surface area contributed by atoms with Gasteiger partial charge in [-0.3, -0.25) is 4.79 Å². The molecule has 126 valence electrons. The largest absolute Gasteiger partial charge is 0.438 e. The third-order valence-electron chi connectivity index (χ3n) is 3.60. The van der Waals surface area contributed by atoms with Crippen molar-refractivity contribution >= 4 is 23.2 Å². The van der Waals surface area contributed by atoms with E-state index in [4.69, 9.17) is 11.6 Å². The van der Waals surface area contributed by atoms with E-state index >= 15 is 0 Å². The summed E-state index contributed by atoms with van der Waals surface area (Å²) in [6.07, 6.45) is -4.02. The molecule has 1 amide bonds. The van der Waals surface area contributed by atoms with Gasteiger partial charge in [-0.05, 0) is 37.1 Å². The van der Waals surface area contributed by atoms with Crippen LogP contribution >= 0.6 is 11.6 Å². The van der Waals surface area contributed by atoms with Crippen molar-refractivity contribution in [1.29, 1.82) is 0 Å². The van der Waals surface area contributed by atoms with E-state index in [2.05, 4.69) is 5.10 Å². The van der Waals surface area contributed by atoms with Crippen molar-refractivity contribution in [2.75, 3.05) is 0 Å². The number of carbonyl (C=O) groups is 1. The highest BCUT2D eigenvalue weighted by Gasteiger charge is 2.63. The summed E-state index contributed by atoms with van der Waals surface area (Å²) in [6, 6.07) is 5.36. The first-order chi connectivity index (χ1) is 10.7. The number of aliphatic hydroxyl groups is 1. The lowest BCUT2D eigenvalue weighted by atomic mass is 10.0. The zero-order chi connectivity index (χ0) is 17.3. The molecule has 8 heteroatoms. The van der Waals surface area contributed by atoms with Crippen LogP contribution < -0.4 is 0 Å². The number of nitrogens with zero attached hydrogens (tertiary/aromatic N) is 2. The third-order valence-corrected chi connectivity index (χ3v) is 3.85. The predicted molar refractivity (Wildman–Crippen MR) is 80.2 cm³/mol. The van der Waals surface area contributed by atoms with Crippen molar-refractivity contribution in [3.8, 4) is 0 Å². The molecule has 0 fully saturated rings. The van der Waals surface area contributed by atoms with E-state index in [1.165, 1.54) is 24.3 Å². The molecule has 1 aromatic carbocycles. The molecule has 23 heavy (non-hydrogen) atoms. The summed E-state index contributed by atoms with van der Waals surface area (Å²) < 4.78 is 39.9. The van der Waals surface area contributed by atoms with Crippen molar-refractivity contribution in [3.05, 3.63) is 34.9 Å². The summed E-state index contributed by atoms with van der Waals surface area (Å²) in [5, 5.41) is 14.3. The van der Waals surface area contributed by atoms with Gasteiger partial charge in [0.2, 0.25) is 0 Å². The van der Waals surface area contributed by atoms with E-state index in [1.807, 2.05) is 6.92 Å². The van der Waals surface area contributed by atoms with Gasteiger partial charge in [0.05, 0.1) is 0 Å². The standard InChI is InChI=1S/C15H16ClF3N2O2/c1-2-3-4-12-9-14(23,15(17,18)19)21(20-12)13(22)10-5-7-11(16)8-6-10/h5-8,23H,2-4,9H2,1H3/t14-/m0/s1. The van der Waals surface area contributed by atoms with Crippen LogP contribution in [0, 0.1) is 0 Å². The molecule has 1 aliphatic heterocycles. The molecule has 0 radical (unpaired) electrons. The van der Waals surface area contributed by atoms with Gasteiger partial charge < -0.3 is 5.11 Å². The first kappa shape index (κ1) is 17.7. The summed E-state index contributed by atoms with van der Waals surface area (Å²) in [6.45, 7) is 1.89. The van der Waals surface area contributed by atoms with Crippen LogP contribution in [0.25, 0.3) is 0 Å². The van der Waals surface area contributed by atoms with Crippen LogP contribution in [0.1, 0.15) is 43.0 Å². The summed E-state index contributed by atoms with van der Waals surface area (Å²) in [5.41, 5.74) is -3.18. The van der Waals surface area contributed by atoms with Gasteiger partial charge in [-0.25, -0.2) is 0 Å². The van der Waals surface area contributed by atoms with Crippen LogP contribution in [0.4, 0.5) is 13.2 Å². The highest BCUT2D eigenvalue weighted by atomic mass is 35.5. The fourth-order valence-corrected chi connectivity index (χ4v) is 2.41. The van der Waals surface area contributed by atoms with Crippen molar-refractivity contribution in [2.45, 2.75) is 44.5 Å². The van der Waals surface area contributed by atoms with Crippen molar-refractivity contribution in [2.24, 2.45) is 5.10 Å². The van der Waals surface area contributed by atoms with Gasteiger partial charge >= 0.3 is 6.18 Å². The average molecular weight is 349 g/mol. The predicted octanol–water partition coefficient (Wildman–Crippen LogP) is 3.98. The van der Waals surface area contributed by atoms with Gasteiger partial charge in [0.25, 0.3) is 11.6 Å². The molecule has 0 bridgehead atoms. The minimum atomic E-state index is -5.01. The van der Waals surface area contributed by atoms with E-state index in [1.54, 1.807) is 0 Å². The van der Waals surface area contributed by atoms with Gasteiger partial charge in [-0.15, -0.1) is 0 Å².